The van der Waals surface area contributed by atoms with E-state index < -0.39 is 0 Å². The zero-order valence-electron chi connectivity index (χ0n) is 6.62. The summed E-state index contributed by atoms with van der Waals surface area (Å²) in [6, 6.07) is 7.30. The molecule has 1 nitrogen and oxygen atoms in total. The van der Waals surface area contributed by atoms with Gasteiger partial charge in [0.05, 0.1) is 6.10 Å². The Morgan fingerprint density at radius 2 is 1.91 bits per heavy atom. The molecule has 0 aliphatic heterocycles. The summed E-state index contributed by atoms with van der Waals surface area (Å²) < 4.78 is 0. The van der Waals surface area contributed by atoms with Crippen molar-refractivity contribution in [3.63, 3.8) is 0 Å². The molecule has 0 aliphatic carbocycles. The molecule has 1 N–H and O–H groups in total. The average molecular weight is 146 g/mol. The minimum atomic E-state index is -0.351. The second-order valence-corrected chi connectivity index (χ2v) is 2.59. The van der Waals surface area contributed by atoms with Crippen molar-refractivity contribution in [3.8, 4) is 0 Å². The predicted molar refractivity (Wildman–Crippen MR) is 47.1 cm³/mol. The Labute approximate surface area is 68.5 Å². The molecule has 0 aliphatic rings. The third-order valence-electron chi connectivity index (χ3n) is 1.71. The van der Waals surface area contributed by atoms with Gasteiger partial charge in [0.25, 0.3) is 0 Å². The minimum absolute atomic E-state index is 0.351. The summed E-state index contributed by atoms with van der Waals surface area (Å²) >= 11 is 0. The van der Waals surface area contributed by atoms with Crippen LogP contribution in [0.4, 0.5) is 0 Å². The molecule has 1 aromatic rings. The van der Waals surface area contributed by atoms with Crippen LogP contribution in [-0.4, -0.2) is 13.0 Å². The van der Waals surface area contributed by atoms with Gasteiger partial charge in [-0.05, 0) is 12.0 Å². The van der Waals surface area contributed by atoms with E-state index >= 15 is 0 Å². The van der Waals surface area contributed by atoms with Crippen molar-refractivity contribution in [1.82, 2.24) is 0 Å². The molecule has 0 spiro atoms. The molecule has 2 heteroatoms. The van der Waals surface area contributed by atoms with Crippen molar-refractivity contribution < 1.29 is 5.11 Å². The van der Waals surface area contributed by atoms with Crippen LogP contribution in [0.1, 0.15) is 25.0 Å². The molecular weight excluding hydrogens is 135 g/mol. The van der Waals surface area contributed by atoms with Gasteiger partial charge in [-0.3, -0.25) is 0 Å². The zero-order valence-corrected chi connectivity index (χ0v) is 6.62. The number of benzene rings is 1. The number of aliphatic hydroxyl groups is 1. The molecule has 0 heterocycles. The number of hydrogen-bond acceptors (Lipinski definition) is 1. The van der Waals surface area contributed by atoms with Crippen molar-refractivity contribution in [2.45, 2.75) is 19.4 Å². The highest BCUT2D eigenvalue weighted by Gasteiger charge is 2.01. The first-order valence-corrected chi connectivity index (χ1v) is 3.77. The second-order valence-electron chi connectivity index (χ2n) is 2.59. The largest absolute Gasteiger partial charge is 0.388 e. The Kier molecular flexibility index (Phi) is 2.72. The Hall–Kier alpha value is -0.755. The van der Waals surface area contributed by atoms with Crippen LogP contribution in [0.3, 0.4) is 0 Å². The first kappa shape index (κ1) is 8.34. The van der Waals surface area contributed by atoms with Gasteiger partial charge in [-0.25, -0.2) is 0 Å². The van der Waals surface area contributed by atoms with E-state index in [1.54, 1.807) is 12.1 Å². The summed E-state index contributed by atoms with van der Waals surface area (Å²) in [4.78, 5) is 0. The van der Waals surface area contributed by atoms with Crippen molar-refractivity contribution in [1.29, 1.82) is 0 Å². The summed E-state index contributed by atoms with van der Waals surface area (Å²) in [5, 5.41) is 9.38. The lowest BCUT2D eigenvalue weighted by atomic mass is 9.94. The Morgan fingerprint density at radius 3 is 2.36 bits per heavy atom. The van der Waals surface area contributed by atoms with Gasteiger partial charge >= 0.3 is 0 Å². The van der Waals surface area contributed by atoms with Crippen LogP contribution in [0.5, 0.6) is 0 Å². The summed E-state index contributed by atoms with van der Waals surface area (Å²) in [5.74, 6) is 0. The van der Waals surface area contributed by atoms with Gasteiger partial charge < -0.3 is 5.11 Å². The van der Waals surface area contributed by atoms with E-state index in [-0.39, 0.29) is 6.10 Å². The molecule has 0 aromatic heterocycles. The second kappa shape index (κ2) is 3.58. The first-order chi connectivity index (χ1) is 5.24. The summed E-state index contributed by atoms with van der Waals surface area (Å²) in [6.45, 7) is 1.95. The molecule has 0 saturated carbocycles. The van der Waals surface area contributed by atoms with Crippen LogP contribution in [0.2, 0.25) is 0 Å². The van der Waals surface area contributed by atoms with Gasteiger partial charge in [-0.15, -0.1) is 0 Å². The Bertz CT molecular complexity index is 218. The fraction of sp³-hybridized carbons (Fsp3) is 0.333. The Morgan fingerprint density at radius 1 is 1.36 bits per heavy atom. The smallest absolute Gasteiger partial charge is 0.113 e. The van der Waals surface area contributed by atoms with Crippen LogP contribution in [0.15, 0.2) is 24.3 Å². The first-order valence-electron chi connectivity index (χ1n) is 3.77. The molecule has 0 unspecified atom stereocenters. The van der Waals surface area contributed by atoms with E-state index in [2.05, 4.69) is 0 Å². The van der Waals surface area contributed by atoms with E-state index in [1.807, 2.05) is 19.1 Å². The average Bonchev–Trinajstić information content (AvgIpc) is 2.05. The highest BCUT2D eigenvalue weighted by Crippen LogP contribution is 2.13. The van der Waals surface area contributed by atoms with Crippen LogP contribution in [0, 0.1) is 0 Å². The van der Waals surface area contributed by atoms with Crippen molar-refractivity contribution >= 4 is 13.3 Å². The highest BCUT2D eigenvalue weighted by atomic mass is 16.3. The van der Waals surface area contributed by atoms with Gasteiger partial charge in [0.1, 0.15) is 7.85 Å². The SMILES string of the molecule is [B]c1ccc([C@@H](O)CC)cc1. The minimum Gasteiger partial charge on any atom is -0.388 e. The van der Waals surface area contributed by atoms with E-state index in [0.717, 1.165) is 17.4 Å². The zero-order chi connectivity index (χ0) is 8.27. The fourth-order valence-corrected chi connectivity index (χ4v) is 0.954. The summed E-state index contributed by atoms with van der Waals surface area (Å²) in [5.41, 5.74) is 1.67. The molecule has 2 radical (unpaired) electrons. The normalized spacial score (nSPS) is 12.9. The summed E-state index contributed by atoms with van der Waals surface area (Å²) in [7, 11) is 5.49. The van der Waals surface area contributed by atoms with E-state index in [9.17, 15) is 5.11 Å². The number of hydrogen-bond donors (Lipinski definition) is 1. The standard InChI is InChI=1S/C9H11BO/c1-2-9(11)7-3-5-8(10)6-4-7/h3-6,9,11H,2H2,1H3/t9-/m0/s1. The van der Waals surface area contributed by atoms with Crippen molar-refractivity contribution in [2.24, 2.45) is 0 Å². The molecule has 1 aromatic carbocycles. The third-order valence-corrected chi connectivity index (χ3v) is 1.71. The van der Waals surface area contributed by atoms with Gasteiger partial charge in [-0.2, -0.15) is 0 Å². The van der Waals surface area contributed by atoms with E-state index in [1.165, 1.54) is 0 Å². The highest BCUT2D eigenvalue weighted by molar-refractivity contribution is 6.32. The van der Waals surface area contributed by atoms with Crippen LogP contribution < -0.4 is 5.46 Å². The van der Waals surface area contributed by atoms with Gasteiger partial charge in [0.15, 0.2) is 0 Å². The van der Waals surface area contributed by atoms with Crippen LogP contribution in [0.25, 0.3) is 0 Å². The van der Waals surface area contributed by atoms with Crippen LogP contribution in [-0.2, 0) is 0 Å². The maximum absolute atomic E-state index is 9.38. The third kappa shape index (κ3) is 2.09. The lowest BCUT2D eigenvalue weighted by Crippen LogP contribution is -2.02. The fourth-order valence-electron chi connectivity index (χ4n) is 0.954. The van der Waals surface area contributed by atoms with Crippen molar-refractivity contribution in [2.75, 3.05) is 0 Å². The quantitative estimate of drug-likeness (QED) is 0.615. The molecule has 0 saturated heterocycles. The van der Waals surface area contributed by atoms with Gasteiger partial charge in [0, 0.05) is 0 Å². The predicted octanol–water partition coefficient (Wildman–Crippen LogP) is 0.924. The summed E-state index contributed by atoms with van der Waals surface area (Å²) in [6.07, 6.45) is 0.389. The maximum atomic E-state index is 9.38. The molecule has 1 rings (SSSR count). The molecular formula is C9H11BO. The number of aliphatic hydroxyl groups excluding tert-OH is 1. The van der Waals surface area contributed by atoms with Crippen LogP contribution >= 0.6 is 0 Å². The molecule has 0 fully saturated rings. The monoisotopic (exact) mass is 146 g/mol. The molecule has 1 atom stereocenters. The topological polar surface area (TPSA) is 20.2 Å². The number of rotatable bonds is 2. The van der Waals surface area contributed by atoms with Gasteiger partial charge in [0.2, 0.25) is 0 Å². The maximum Gasteiger partial charge on any atom is 0.113 e. The molecule has 0 amide bonds. The van der Waals surface area contributed by atoms with E-state index in [0.29, 0.717) is 0 Å². The lowest BCUT2D eigenvalue weighted by Gasteiger charge is -2.07. The van der Waals surface area contributed by atoms with Crippen molar-refractivity contribution in [3.05, 3.63) is 29.8 Å². The molecule has 56 valence electrons. The van der Waals surface area contributed by atoms with E-state index in [4.69, 9.17) is 7.85 Å². The van der Waals surface area contributed by atoms with Gasteiger partial charge in [-0.1, -0.05) is 36.7 Å². The Balaban J connectivity index is 2.81. The molecule has 11 heavy (non-hydrogen) atoms. The lowest BCUT2D eigenvalue weighted by molar-refractivity contribution is 0.173. The molecule has 0 bridgehead atoms.